The van der Waals surface area contributed by atoms with Crippen molar-refractivity contribution in [2.75, 3.05) is 5.73 Å². The van der Waals surface area contributed by atoms with E-state index >= 15 is 0 Å². The third kappa shape index (κ3) is 3.22. The molecular formula is C9H10INO5. The molecule has 0 aliphatic rings. The van der Waals surface area contributed by atoms with E-state index in [1.165, 1.54) is 19.1 Å². The number of ketones is 1. The van der Waals surface area contributed by atoms with Crippen molar-refractivity contribution in [3.05, 3.63) is 17.7 Å². The number of carbonyl (C=O) groups is 1. The van der Waals surface area contributed by atoms with Gasteiger partial charge in [-0.2, -0.15) is 0 Å². The fourth-order valence-corrected chi connectivity index (χ4v) is 2.00. The van der Waals surface area contributed by atoms with Gasteiger partial charge in [-0.05, 0) is 19.1 Å². The molecule has 88 valence electrons. The highest BCUT2D eigenvalue weighted by atomic mass is 127. The summed E-state index contributed by atoms with van der Waals surface area (Å²) in [5.74, 6) is -0.592. The van der Waals surface area contributed by atoms with Crippen molar-refractivity contribution in [2.24, 2.45) is 0 Å². The number of rotatable bonds is 4. The number of nitrogen functional groups attached to an aromatic ring is 1. The molecule has 3 N–H and O–H groups in total. The maximum atomic E-state index is 11.0. The second-order valence-electron chi connectivity index (χ2n) is 3.13. The highest BCUT2D eigenvalue weighted by Gasteiger charge is 2.22. The lowest BCUT2D eigenvalue weighted by atomic mass is 10.1. The molecule has 1 aromatic rings. The molecule has 0 bridgehead atoms. The van der Waals surface area contributed by atoms with Crippen molar-refractivity contribution in [1.29, 1.82) is 0 Å². The molecule has 0 aromatic heterocycles. The topological polar surface area (TPSA) is 119 Å². The number of halogens is 1. The number of aromatic hydroxyl groups is 1. The Morgan fingerprint density at radius 3 is 2.69 bits per heavy atom. The Morgan fingerprint density at radius 2 is 2.19 bits per heavy atom. The second kappa shape index (κ2) is 5.32. The van der Waals surface area contributed by atoms with Crippen molar-refractivity contribution in [3.63, 3.8) is 0 Å². The van der Waals surface area contributed by atoms with Gasteiger partial charge in [0.25, 0.3) is 0 Å². The minimum absolute atomic E-state index is 0.0444. The predicted octanol–water partition coefficient (Wildman–Crippen LogP) is -4.42. The van der Waals surface area contributed by atoms with Gasteiger partial charge in [0.1, 0.15) is 11.5 Å². The van der Waals surface area contributed by atoms with Crippen LogP contribution in [0.5, 0.6) is 11.5 Å². The van der Waals surface area contributed by atoms with Gasteiger partial charge < -0.3 is 17.7 Å². The van der Waals surface area contributed by atoms with Crippen molar-refractivity contribution in [3.8, 4) is 11.5 Å². The molecule has 0 aliphatic carbocycles. The van der Waals surface area contributed by atoms with E-state index in [2.05, 4.69) is 3.07 Å². The Kier molecular flexibility index (Phi) is 4.33. The van der Waals surface area contributed by atoms with E-state index < -0.39 is 21.1 Å². The summed E-state index contributed by atoms with van der Waals surface area (Å²) in [5, 5.41) is 9.60. The average Bonchev–Trinajstić information content (AvgIpc) is 2.16. The van der Waals surface area contributed by atoms with Crippen LogP contribution in [0.4, 0.5) is 5.69 Å². The van der Waals surface area contributed by atoms with Gasteiger partial charge in [-0.15, -0.1) is 3.07 Å². The molecule has 16 heavy (non-hydrogen) atoms. The van der Waals surface area contributed by atoms with Crippen molar-refractivity contribution in [2.45, 2.75) is 13.3 Å². The predicted molar refractivity (Wildman–Crippen MR) is 47.5 cm³/mol. The summed E-state index contributed by atoms with van der Waals surface area (Å²) in [4.78, 5) is 11.0. The molecule has 1 rings (SSSR count). The van der Waals surface area contributed by atoms with Crippen LogP contribution >= 0.6 is 0 Å². The smallest absolute Gasteiger partial charge is 0.505 e. The Morgan fingerprint density at radius 1 is 1.56 bits per heavy atom. The number of phenols is 1. The summed E-state index contributed by atoms with van der Waals surface area (Å²) in [5.41, 5.74) is 5.60. The summed E-state index contributed by atoms with van der Waals surface area (Å²) < 4.78 is 25.6. The Bertz CT molecular complexity index is 407. The van der Waals surface area contributed by atoms with E-state index in [4.69, 9.17) is 5.73 Å². The molecule has 0 heterocycles. The number of phenolic OH excluding ortho intramolecular Hbond substituents is 1. The van der Waals surface area contributed by atoms with Crippen LogP contribution in [0, 0.1) is 0 Å². The van der Waals surface area contributed by atoms with Crippen LogP contribution in [0.3, 0.4) is 0 Å². The number of Topliss-reactive ketones (excluding diaryl/α,β-unsaturated/α-hetero) is 1. The van der Waals surface area contributed by atoms with Crippen LogP contribution in [0.1, 0.15) is 12.5 Å². The van der Waals surface area contributed by atoms with Crippen LogP contribution in [-0.2, 0) is 11.2 Å². The largest absolute Gasteiger partial charge is 0.570 e. The van der Waals surface area contributed by atoms with Gasteiger partial charge in [0, 0.05) is 6.42 Å². The van der Waals surface area contributed by atoms with Gasteiger partial charge in [-0.1, -0.05) is 0 Å². The normalized spacial score (nSPS) is 10.5. The summed E-state index contributed by atoms with van der Waals surface area (Å²) in [6.07, 6.45) is -0.129. The van der Waals surface area contributed by atoms with Gasteiger partial charge in [0.05, 0.1) is 11.3 Å². The zero-order valence-corrected chi connectivity index (χ0v) is 10.6. The monoisotopic (exact) mass is 339 g/mol. The van der Waals surface area contributed by atoms with Crippen LogP contribution in [0.15, 0.2) is 12.1 Å². The van der Waals surface area contributed by atoms with E-state index in [-0.39, 0.29) is 35.0 Å². The summed E-state index contributed by atoms with van der Waals surface area (Å²) >= 11 is -3.93. The van der Waals surface area contributed by atoms with E-state index in [0.29, 0.717) is 0 Å². The van der Waals surface area contributed by atoms with E-state index in [1.807, 2.05) is 0 Å². The Balaban J connectivity index is 3.15. The van der Waals surface area contributed by atoms with Gasteiger partial charge in [0.15, 0.2) is 0 Å². The highest BCUT2D eigenvalue weighted by molar-refractivity contribution is 5.81. The van der Waals surface area contributed by atoms with E-state index in [1.54, 1.807) is 0 Å². The minimum Gasteiger partial charge on any atom is -0.505 e. The molecule has 0 atom stereocenters. The average molecular weight is 339 g/mol. The van der Waals surface area contributed by atoms with Crippen molar-refractivity contribution < 1.29 is 40.9 Å². The SMILES string of the molecule is CC(=O)Cc1c(O[I+2]([O-])[O-])ccc(N)c1O. The summed E-state index contributed by atoms with van der Waals surface area (Å²) in [6, 6.07) is 2.63. The first-order valence-electron chi connectivity index (χ1n) is 4.25. The lowest BCUT2D eigenvalue weighted by molar-refractivity contribution is -1.62. The van der Waals surface area contributed by atoms with Gasteiger partial charge in [-0.3, -0.25) is 4.79 Å². The van der Waals surface area contributed by atoms with E-state index in [9.17, 15) is 16.8 Å². The lowest BCUT2D eigenvalue weighted by Crippen LogP contribution is -4.00. The van der Waals surface area contributed by atoms with Gasteiger partial charge in [-0.25, -0.2) is 0 Å². The number of hydrogen-bond donors (Lipinski definition) is 2. The summed E-state index contributed by atoms with van der Waals surface area (Å²) in [7, 11) is 0. The van der Waals surface area contributed by atoms with E-state index in [0.717, 1.165) is 0 Å². The minimum atomic E-state index is -3.93. The zero-order chi connectivity index (χ0) is 12.3. The van der Waals surface area contributed by atoms with Crippen molar-refractivity contribution in [1.82, 2.24) is 0 Å². The molecular weight excluding hydrogens is 329 g/mol. The first kappa shape index (κ1) is 13.0. The second-order valence-corrected chi connectivity index (χ2v) is 4.64. The number of carbonyl (C=O) groups excluding carboxylic acids is 1. The molecule has 0 radical (unpaired) electrons. The Labute approximate surface area is 101 Å². The molecule has 0 amide bonds. The third-order valence-corrected chi connectivity index (χ3v) is 2.68. The standard InChI is InChI=1S/C9H10INO5/c1-5(12)4-6-8(16-10(14)15)3-2-7(11)9(6)13/h2-3,13H,4,11H2,1H3. The molecule has 0 unspecified atom stereocenters. The van der Waals surface area contributed by atoms with Crippen LogP contribution in [0.2, 0.25) is 0 Å². The lowest BCUT2D eigenvalue weighted by Gasteiger charge is -2.07. The molecule has 0 aliphatic heterocycles. The molecule has 0 fully saturated rings. The van der Waals surface area contributed by atoms with Crippen LogP contribution in [0.25, 0.3) is 0 Å². The fraction of sp³-hybridized carbons (Fsp3) is 0.222. The Hall–Kier alpha value is -1.06. The molecule has 7 heteroatoms. The molecule has 1 aromatic carbocycles. The molecule has 0 spiro atoms. The van der Waals surface area contributed by atoms with Gasteiger partial charge >= 0.3 is 21.1 Å². The maximum Gasteiger partial charge on any atom is 0.570 e. The summed E-state index contributed by atoms with van der Waals surface area (Å²) in [6.45, 7) is 1.32. The number of anilines is 1. The quantitative estimate of drug-likeness (QED) is 0.325. The first-order chi connectivity index (χ1) is 7.41. The zero-order valence-electron chi connectivity index (χ0n) is 8.40. The molecule has 0 saturated heterocycles. The van der Waals surface area contributed by atoms with Crippen molar-refractivity contribution >= 4 is 11.5 Å². The van der Waals surface area contributed by atoms with Crippen LogP contribution in [-0.4, -0.2) is 10.9 Å². The molecule has 6 nitrogen and oxygen atoms in total. The van der Waals surface area contributed by atoms with Gasteiger partial charge in [0.2, 0.25) is 5.75 Å². The third-order valence-electron chi connectivity index (χ3n) is 1.84. The van der Waals surface area contributed by atoms with Crippen LogP contribution < -0.4 is 36.7 Å². The first-order valence-corrected chi connectivity index (χ1v) is 6.89. The maximum absolute atomic E-state index is 11.0. The highest BCUT2D eigenvalue weighted by Crippen LogP contribution is 2.32. The molecule has 0 saturated carbocycles. The number of benzene rings is 1. The fourth-order valence-electron chi connectivity index (χ4n) is 1.20. The number of hydrogen-bond acceptors (Lipinski definition) is 6. The number of nitrogens with two attached hydrogens (primary N) is 1.